The summed E-state index contributed by atoms with van der Waals surface area (Å²) in [6.07, 6.45) is 0. The number of hydrogen-bond acceptors (Lipinski definition) is 3. The Labute approximate surface area is 83.5 Å². The van der Waals surface area contributed by atoms with Gasteiger partial charge >= 0.3 is 0 Å². The van der Waals surface area contributed by atoms with Crippen molar-refractivity contribution >= 4 is 5.84 Å². The van der Waals surface area contributed by atoms with E-state index in [-0.39, 0.29) is 12.4 Å². The molecule has 0 saturated carbocycles. The van der Waals surface area contributed by atoms with Gasteiger partial charge in [-0.05, 0) is 25.5 Å². The number of rotatable bonds is 3. The summed E-state index contributed by atoms with van der Waals surface area (Å²) in [6, 6.07) is 5.94. The van der Waals surface area contributed by atoms with E-state index in [0.717, 1.165) is 11.3 Å². The summed E-state index contributed by atoms with van der Waals surface area (Å²) < 4.78 is 5.41. The number of aryl methyl sites for hydroxylation is 2. The van der Waals surface area contributed by atoms with E-state index in [4.69, 9.17) is 16.3 Å². The lowest BCUT2D eigenvalue weighted by Gasteiger charge is -2.08. The molecule has 0 heterocycles. The molecular formula is C10H15N3O. The van der Waals surface area contributed by atoms with Crippen LogP contribution in [-0.2, 0) is 0 Å². The molecule has 1 aromatic carbocycles. The van der Waals surface area contributed by atoms with Crippen molar-refractivity contribution in [3.63, 3.8) is 0 Å². The molecule has 4 heteroatoms. The van der Waals surface area contributed by atoms with Gasteiger partial charge in [-0.15, -0.1) is 0 Å². The number of benzene rings is 1. The van der Waals surface area contributed by atoms with E-state index in [0.29, 0.717) is 0 Å². The Morgan fingerprint density at radius 2 is 2.14 bits per heavy atom. The molecule has 0 aliphatic rings. The summed E-state index contributed by atoms with van der Waals surface area (Å²) in [7, 11) is 0. The second-order valence-corrected chi connectivity index (χ2v) is 3.18. The summed E-state index contributed by atoms with van der Waals surface area (Å²) in [5.41, 5.74) is 7.68. The van der Waals surface area contributed by atoms with Crippen molar-refractivity contribution in [3.8, 4) is 5.75 Å². The van der Waals surface area contributed by atoms with Crippen LogP contribution in [0.3, 0.4) is 0 Å². The highest BCUT2D eigenvalue weighted by molar-refractivity contribution is 5.81. The molecule has 1 aromatic rings. The van der Waals surface area contributed by atoms with Crippen LogP contribution in [0.2, 0.25) is 0 Å². The Hall–Kier alpha value is -1.71. The number of ether oxygens (including phenoxy) is 1. The minimum absolute atomic E-state index is 0.223. The van der Waals surface area contributed by atoms with Gasteiger partial charge in [0.1, 0.15) is 12.4 Å². The van der Waals surface area contributed by atoms with Gasteiger partial charge in [0.05, 0.1) is 0 Å². The van der Waals surface area contributed by atoms with Crippen molar-refractivity contribution in [1.29, 1.82) is 0 Å². The molecule has 1 rings (SSSR count). The van der Waals surface area contributed by atoms with Crippen LogP contribution in [-0.4, -0.2) is 12.4 Å². The highest BCUT2D eigenvalue weighted by Crippen LogP contribution is 2.18. The summed E-state index contributed by atoms with van der Waals surface area (Å²) in [6.45, 7) is 4.24. The van der Waals surface area contributed by atoms with E-state index < -0.39 is 0 Å². The van der Waals surface area contributed by atoms with Gasteiger partial charge in [0.25, 0.3) is 0 Å². The normalized spacial score (nSPS) is 11.4. The zero-order valence-corrected chi connectivity index (χ0v) is 8.45. The van der Waals surface area contributed by atoms with Gasteiger partial charge in [-0.1, -0.05) is 17.7 Å². The number of nitrogens with two attached hydrogens (primary N) is 2. The van der Waals surface area contributed by atoms with Crippen LogP contribution in [0.15, 0.2) is 23.3 Å². The van der Waals surface area contributed by atoms with Crippen LogP contribution in [0, 0.1) is 13.8 Å². The maximum absolute atomic E-state index is 5.41. The molecule has 0 unspecified atom stereocenters. The summed E-state index contributed by atoms with van der Waals surface area (Å²) in [5.74, 6) is 6.07. The molecule has 0 bridgehead atoms. The van der Waals surface area contributed by atoms with Crippen LogP contribution in [0.4, 0.5) is 0 Å². The SMILES string of the molecule is Cc1ccc(OC/C(N)=N/N)c(C)c1. The second-order valence-electron chi connectivity index (χ2n) is 3.18. The molecule has 0 radical (unpaired) electrons. The molecule has 4 nitrogen and oxygen atoms in total. The molecular weight excluding hydrogens is 178 g/mol. The van der Waals surface area contributed by atoms with E-state index in [1.54, 1.807) is 0 Å². The van der Waals surface area contributed by atoms with E-state index >= 15 is 0 Å². The van der Waals surface area contributed by atoms with Crippen LogP contribution < -0.4 is 16.3 Å². The maximum atomic E-state index is 5.41. The minimum Gasteiger partial charge on any atom is -0.485 e. The fourth-order valence-corrected chi connectivity index (χ4v) is 1.15. The third-order valence-electron chi connectivity index (χ3n) is 1.87. The molecule has 0 fully saturated rings. The number of hydrogen-bond donors (Lipinski definition) is 2. The molecule has 4 N–H and O–H groups in total. The molecule has 0 amide bonds. The van der Waals surface area contributed by atoms with Crippen LogP contribution >= 0.6 is 0 Å². The maximum Gasteiger partial charge on any atom is 0.157 e. The minimum atomic E-state index is 0.223. The Bertz CT molecular complexity index is 347. The van der Waals surface area contributed by atoms with Gasteiger partial charge in [0, 0.05) is 0 Å². The average molecular weight is 193 g/mol. The zero-order valence-electron chi connectivity index (χ0n) is 8.45. The highest BCUT2D eigenvalue weighted by atomic mass is 16.5. The van der Waals surface area contributed by atoms with Gasteiger partial charge in [-0.2, -0.15) is 5.10 Å². The van der Waals surface area contributed by atoms with Gasteiger partial charge < -0.3 is 16.3 Å². The predicted octanol–water partition coefficient (Wildman–Crippen LogP) is 0.913. The molecule has 76 valence electrons. The zero-order chi connectivity index (χ0) is 10.6. The molecule has 0 atom stereocenters. The quantitative estimate of drug-likeness (QED) is 0.324. The van der Waals surface area contributed by atoms with Crippen molar-refractivity contribution in [3.05, 3.63) is 29.3 Å². The fraction of sp³-hybridized carbons (Fsp3) is 0.300. The van der Waals surface area contributed by atoms with Crippen LogP contribution in [0.25, 0.3) is 0 Å². The third kappa shape index (κ3) is 2.65. The Morgan fingerprint density at radius 1 is 1.43 bits per heavy atom. The average Bonchev–Trinajstić information content (AvgIpc) is 2.16. The molecule has 14 heavy (non-hydrogen) atoms. The van der Waals surface area contributed by atoms with E-state index in [2.05, 4.69) is 5.10 Å². The molecule has 0 aliphatic carbocycles. The lowest BCUT2D eigenvalue weighted by atomic mass is 10.1. The van der Waals surface area contributed by atoms with Gasteiger partial charge in [0.2, 0.25) is 0 Å². The summed E-state index contributed by atoms with van der Waals surface area (Å²) in [4.78, 5) is 0. The van der Waals surface area contributed by atoms with Crippen molar-refractivity contribution in [2.75, 3.05) is 6.61 Å². The van der Waals surface area contributed by atoms with Crippen molar-refractivity contribution < 1.29 is 4.74 Å². The van der Waals surface area contributed by atoms with E-state index in [1.165, 1.54) is 5.56 Å². The number of nitrogens with zero attached hydrogens (tertiary/aromatic N) is 1. The van der Waals surface area contributed by atoms with Crippen molar-refractivity contribution in [2.24, 2.45) is 16.7 Å². The fourth-order valence-electron chi connectivity index (χ4n) is 1.15. The third-order valence-corrected chi connectivity index (χ3v) is 1.87. The predicted molar refractivity (Wildman–Crippen MR) is 57.2 cm³/mol. The second kappa shape index (κ2) is 4.50. The lowest BCUT2D eigenvalue weighted by Crippen LogP contribution is -2.22. The Balaban J connectivity index is 2.68. The van der Waals surface area contributed by atoms with Gasteiger partial charge in [0.15, 0.2) is 5.84 Å². The topological polar surface area (TPSA) is 73.6 Å². The largest absolute Gasteiger partial charge is 0.485 e. The number of amidine groups is 1. The van der Waals surface area contributed by atoms with Crippen molar-refractivity contribution in [2.45, 2.75) is 13.8 Å². The van der Waals surface area contributed by atoms with E-state index in [9.17, 15) is 0 Å². The van der Waals surface area contributed by atoms with Gasteiger partial charge in [-0.25, -0.2) is 0 Å². The monoisotopic (exact) mass is 193 g/mol. The molecule has 0 saturated heterocycles. The first kappa shape index (κ1) is 10.4. The van der Waals surface area contributed by atoms with Crippen molar-refractivity contribution in [1.82, 2.24) is 0 Å². The number of hydrazone groups is 1. The highest BCUT2D eigenvalue weighted by Gasteiger charge is 2.00. The van der Waals surface area contributed by atoms with Crippen LogP contribution in [0.1, 0.15) is 11.1 Å². The molecule has 0 aliphatic heterocycles. The Morgan fingerprint density at radius 3 is 2.71 bits per heavy atom. The molecule has 0 aromatic heterocycles. The Kier molecular flexibility index (Phi) is 3.34. The molecule has 0 spiro atoms. The summed E-state index contributed by atoms with van der Waals surface area (Å²) >= 11 is 0. The van der Waals surface area contributed by atoms with Crippen LogP contribution in [0.5, 0.6) is 5.75 Å². The summed E-state index contributed by atoms with van der Waals surface area (Å²) in [5, 5.41) is 3.32. The van der Waals surface area contributed by atoms with Gasteiger partial charge in [-0.3, -0.25) is 0 Å². The first-order valence-electron chi connectivity index (χ1n) is 4.35. The first-order valence-corrected chi connectivity index (χ1v) is 4.35. The smallest absolute Gasteiger partial charge is 0.157 e. The van der Waals surface area contributed by atoms with E-state index in [1.807, 2.05) is 32.0 Å². The standard InChI is InChI=1S/C10H15N3O/c1-7-3-4-9(8(2)5-7)14-6-10(11)13-12/h3-5H,6,12H2,1-2H3,(H2,11,13). The first-order chi connectivity index (χ1) is 6.63. The lowest BCUT2D eigenvalue weighted by molar-refractivity contribution is 0.372.